The summed E-state index contributed by atoms with van der Waals surface area (Å²) in [5.74, 6) is -0.289. The predicted molar refractivity (Wildman–Crippen MR) is 120 cm³/mol. The number of halogens is 1. The highest BCUT2D eigenvalue weighted by molar-refractivity contribution is 8.18. The van der Waals surface area contributed by atoms with Crippen molar-refractivity contribution in [2.45, 2.75) is 13.2 Å². The maximum absolute atomic E-state index is 13.9. The van der Waals surface area contributed by atoms with Crippen LogP contribution in [-0.2, 0) is 17.9 Å². The van der Waals surface area contributed by atoms with Crippen LogP contribution >= 0.6 is 11.8 Å². The first-order valence-corrected chi connectivity index (χ1v) is 10.6. The van der Waals surface area contributed by atoms with Gasteiger partial charge in [-0.15, -0.1) is 0 Å². The Hall–Kier alpha value is -3.89. The SMILES string of the molecule is N#Cc1ccccc1COc1ccc(/C=C2\SC(=O)N(Cc3ccccc3F)C2=O)cc1. The third kappa shape index (κ3) is 4.71. The molecule has 3 aromatic rings. The molecular formula is C25H17FN2O3S. The predicted octanol–water partition coefficient (Wildman–Crippen LogP) is 5.51. The number of benzene rings is 3. The molecule has 4 rings (SSSR count). The summed E-state index contributed by atoms with van der Waals surface area (Å²) >= 11 is 0.832. The molecule has 0 unspecified atom stereocenters. The number of amides is 2. The van der Waals surface area contributed by atoms with Crippen LogP contribution in [0, 0.1) is 17.1 Å². The lowest BCUT2D eigenvalue weighted by atomic mass is 10.1. The maximum Gasteiger partial charge on any atom is 0.293 e. The Labute approximate surface area is 188 Å². The van der Waals surface area contributed by atoms with E-state index in [0.29, 0.717) is 11.3 Å². The summed E-state index contributed by atoms with van der Waals surface area (Å²) in [5, 5.41) is 8.73. The normalized spacial score (nSPS) is 14.6. The topological polar surface area (TPSA) is 70.4 Å². The van der Waals surface area contributed by atoms with Crippen LogP contribution in [0.4, 0.5) is 9.18 Å². The highest BCUT2D eigenvalue weighted by Gasteiger charge is 2.35. The molecule has 0 atom stereocenters. The molecule has 0 spiro atoms. The fraction of sp³-hybridized carbons (Fsp3) is 0.0800. The van der Waals surface area contributed by atoms with Gasteiger partial charge in [-0.25, -0.2) is 4.39 Å². The molecule has 5 nitrogen and oxygen atoms in total. The number of rotatable bonds is 6. The molecule has 1 aliphatic heterocycles. The van der Waals surface area contributed by atoms with Gasteiger partial charge in [0.2, 0.25) is 0 Å². The molecular weight excluding hydrogens is 427 g/mol. The standard InChI is InChI=1S/C25H17FN2O3S/c26-22-8-4-3-6-19(22)15-28-24(29)23(32-25(28)30)13-17-9-11-21(12-10-17)31-16-20-7-2-1-5-18(20)14-27/h1-13H,15-16H2/b23-13-. The fourth-order valence-electron chi connectivity index (χ4n) is 3.16. The molecule has 0 radical (unpaired) electrons. The van der Waals surface area contributed by atoms with E-state index >= 15 is 0 Å². The molecule has 0 bridgehead atoms. The number of hydrogen-bond donors (Lipinski definition) is 0. The van der Waals surface area contributed by atoms with Crippen molar-refractivity contribution in [2.75, 3.05) is 0 Å². The van der Waals surface area contributed by atoms with Crippen LogP contribution in [0.5, 0.6) is 5.75 Å². The minimum atomic E-state index is -0.455. The van der Waals surface area contributed by atoms with Gasteiger partial charge in [0.15, 0.2) is 0 Å². The van der Waals surface area contributed by atoms with Crippen molar-refractivity contribution in [1.82, 2.24) is 4.90 Å². The number of nitriles is 1. The molecule has 32 heavy (non-hydrogen) atoms. The van der Waals surface area contributed by atoms with Crippen molar-refractivity contribution in [3.63, 3.8) is 0 Å². The van der Waals surface area contributed by atoms with E-state index < -0.39 is 17.0 Å². The Morgan fingerprint density at radius 3 is 2.38 bits per heavy atom. The van der Waals surface area contributed by atoms with Crippen LogP contribution in [-0.4, -0.2) is 16.0 Å². The molecule has 0 saturated carbocycles. The van der Waals surface area contributed by atoms with Gasteiger partial charge in [0.25, 0.3) is 11.1 Å². The Balaban J connectivity index is 1.43. The maximum atomic E-state index is 13.9. The van der Waals surface area contributed by atoms with Crippen LogP contribution in [0.3, 0.4) is 0 Å². The molecule has 1 aliphatic rings. The van der Waals surface area contributed by atoms with E-state index in [0.717, 1.165) is 27.8 Å². The molecule has 0 N–H and O–H groups in total. The molecule has 1 heterocycles. The van der Waals surface area contributed by atoms with E-state index in [1.54, 1.807) is 60.7 Å². The fourth-order valence-corrected chi connectivity index (χ4v) is 4.00. The first-order valence-electron chi connectivity index (χ1n) is 9.75. The summed E-state index contributed by atoms with van der Waals surface area (Å²) in [7, 11) is 0. The molecule has 7 heteroatoms. The molecule has 0 aliphatic carbocycles. The van der Waals surface area contributed by atoms with Gasteiger partial charge in [0, 0.05) is 11.1 Å². The summed E-state index contributed by atoms with van der Waals surface area (Å²) in [4.78, 5) is 26.3. The van der Waals surface area contributed by atoms with Crippen LogP contribution < -0.4 is 4.74 Å². The second kappa shape index (κ2) is 9.50. The van der Waals surface area contributed by atoms with Gasteiger partial charge in [-0.1, -0.05) is 48.5 Å². The van der Waals surface area contributed by atoms with E-state index in [2.05, 4.69) is 6.07 Å². The second-order valence-corrected chi connectivity index (χ2v) is 7.98. The lowest BCUT2D eigenvalue weighted by Gasteiger charge is -2.12. The van der Waals surface area contributed by atoms with Crippen molar-refractivity contribution in [1.29, 1.82) is 5.26 Å². The molecule has 1 saturated heterocycles. The molecule has 1 fully saturated rings. The average Bonchev–Trinajstić information content (AvgIpc) is 3.07. The minimum absolute atomic E-state index is 0.106. The van der Waals surface area contributed by atoms with Gasteiger partial charge >= 0.3 is 0 Å². The van der Waals surface area contributed by atoms with Crippen LogP contribution in [0.15, 0.2) is 77.7 Å². The van der Waals surface area contributed by atoms with Gasteiger partial charge in [0.05, 0.1) is 23.1 Å². The lowest BCUT2D eigenvalue weighted by molar-refractivity contribution is -0.123. The molecule has 158 valence electrons. The van der Waals surface area contributed by atoms with Gasteiger partial charge in [-0.05, 0) is 47.7 Å². The quantitative estimate of drug-likeness (QED) is 0.469. The van der Waals surface area contributed by atoms with Crippen molar-refractivity contribution < 1.29 is 18.7 Å². The van der Waals surface area contributed by atoms with E-state index in [4.69, 9.17) is 10.00 Å². The van der Waals surface area contributed by atoms with E-state index in [1.807, 2.05) is 12.1 Å². The van der Waals surface area contributed by atoms with Gasteiger partial charge < -0.3 is 4.74 Å². The number of thioether (sulfide) groups is 1. The van der Waals surface area contributed by atoms with Crippen molar-refractivity contribution in [3.8, 4) is 11.8 Å². The van der Waals surface area contributed by atoms with E-state index in [9.17, 15) is 14.0 Å². The Morgan fingerprint density at radius 2 is 1.66 bits per heavy atom. The summed E-state index contributed by atoms with van der Waals surface area (Å²) < 4.78 is 19.6. The van der Waals surface area contributed by atoms with E-state index in [-0.39, 0.29) is 23.6 Å². The molecule has 0 aromatic heterocycles. The van der Waals surface area contributed by atoms with Crippen molar-refractivity contribution >= 4 is 29.0 Å². The number of hydrogen-bond acceptors (Lipinski definition) is 5. The van der Waals surface area contributed by atoms with Crippen LogP contribution in [0.25, 0.3) is 6.08 Å². The van der Waals surface area contributed by atoms with Gasteiger partial charge in [-0.3, -0.25) is 14.5 Å². The average molecular weight is 444 g/mol. The Bertz CT molecular complexity index is 1250. The Kier molecular flexibility index (Phi) is 6.34. The summed E-state index contributed by atoms with van der Waals surface area (Å²) in [6, 6.07) is 22.5. The van der Waals surface area contributed by atoms with Crippen molar-refractivity contribution in [2.24, 2.45) is 0 Å². The summed E-state index contributed by atoms with van der Waals surface area (Å²) in [6.45, 7) is 0.156. The van der Waals surface area contributed by atoms with E-state index in [1.165, 1.54) is 6.07 Å². The third-order valence-corrected chi connectivity index (χ3v) is 5.78. The smallest absolute Gasteiger partial charge is 0.293 e. The number of ether oxygens (including phenoxy) is 1. The van der Waals surface area contributed by atoms with Gasteiger partial charge in [-0.2, -0.15) is 5.26 Å². The zero-order chi connectivity index (χ0) is 22.5. The van der Waals surface area contributed by atoms with Gasteiger partial charge in [0.1, 0.15) is 18.2 Å². The number of carbonyl (C=O) groups excluding carboxylic acids is 2. The second-order valence-electron chi connectivity index (χ2n) is 6.99. The number of imide groups is 1. The third-order valence-electron chi connectivity index (χ3n) is 4.87. The Morgan fingerprint density at radius 1 is 0.969 bits per heavy atom. The largest absolute Gasteiger partial charge is 0.489 e. The summed E-state index contributed by atoms with van der Waals surface area (Å²) in [6.07, 6.45) is 1.63. The lowest BCUT2D eigenvalue weighted by Crippen LogP contribution is -2.27. The zero-order valence-electron chi connectivity index (χ0n) is 16.8. The molecule has 2 amide bonds. The minimum Gasteiger partial charge on any atom is -0.489 e. The highest BCUT2D eigenvalue weighted by atomic mass is 32.2. The molecule has 3 aromatic carbocycles. The zero-order valence-corrected chi connectivity index (χ0v) is 17.6. The highest BCUT2D eigenvalue weighted by Crippen LogP contribution is 2.33. The first kappa shape index (κ1) is 21.3. The number of carbonyl (C=O) groups is 2. The van der Waals surface area contributed by atoms with Crippen LogP contribution in [0.1, 0.15) is 22.3 Å². The summed E-state index contributed by atoms with van der Waals surface area (Å²) in [5.41, 5.74) is 2.37. The monoisotopic (exact) mass is 444 g/mol. The number of nitrogens with zero attached hydrogens (tertiary/aromatic N) is 2. The van der Waals surface area contributed by atoms with Crippen LogP contribution in [0.2, 0.25) is 0 Å². The first-order chi connectivity index (χ1) is 15.5. The van der Waals surface area contributed by atoms with Crippen molar-refractivity contribution in [3.05, 3.63) is 106 Å².